The molecule has 0 aliphatic rings. The lowest BCUT2D eigenvalue weighted by Crippen LogP contribution is -2.15. The van der Waals surface area contributed by atoms with Gasteiger partial charge in [-0.2, -0.15) is 0 Å². The zero-order chi connectivity index (χ0) is 15.9. The summed E-state index contributed by atoms with van der Waals surface area (Å²) in [6, 6.07) is 12.5. The molecule has 3 rings (SSSR count). The quantitative estimate of drug-likeness (QED) is 0.761. The van der Waals surface area contributed by atoms with Gasteiger partial charge in [-0.15, -0.1) is 0 Å². The predicted molar refractivity (Wildman–Crippen MR) is 88.1 cm³/mol. The predicted octanol–water partition coefficient (Wildman–Crippen LogP) is 3.47. The Balaban J connectivity index is 2.13. The second-order valence-corrected chi connectivity index (χ2v) is 6.09. The van der Waals surface area contributed by atoms with Crippen molar-refractivity contribution >= 4 is 22.5 Å². The van der Waals surface area contributed by atoms with E-state index >= 15 is 0 Å². The minimum absolute atomic E-state index is 0.267. The Hall–Kier alpha value is -2.17. The fraction of sp³-hybridized carbons (Fsp3) is 0.176. The third-order valence-electron chi connectivity index (χ3n) is 3.55. The number of H-pyrrole nitrogens is 1. The van der Waals surface area contributed by atoms with Crippen LogP contribution < -0.4 is 5.56 Å². The van der Waals surface area contributed by atoms with Crippen molar-refractivity contribution in [1.82, 2.24) is 9.97 Å². The van der Waals surface area contributed by atoms with Crippen molar-refractivity contribution in [2.75, 3.05) is 0 Å². The highest BCUT2D eigenvalue weighted by atomic mass is 35.5. The summed E-state index contributed by atoms with van der Waals surface area (Å²) in [4.78, 5) is 19.4. The van der Waals surface area contributed by atoms with Gasteiger partial charge in [-0.3, -0.25) is 4.79 Å². The van der Waals surface area contributed by atoms with E-state index in [2.05, 4.69) is 9.97 Å². The first-order valence-corrected chi connectivity index (χ1v) is 7.26. The number of hydrogen-bond acceptors (Lipinski definition) is 3. The van der Waals surface area contributed by atoms with Crippen molar-refractivity contribution in [3.8, 4) is 11.4 Å². The average molecular weight is 315 g/mol. The normalized spacial score (nSPS) is 11.8. The number of rotatable bonds is 2. The van der Waals surface area contributed by atoms with Gasteiger partial charge in [0.1, 0.15) is 5.82 Å². The number of aromatic nitrogens is 2. The smallest absolute Gasteiger partial charge is 0.260 e. The first kappa shape index (κ1) is 14.8. The molecule has 4 nitrogen and oxygen atoms in total. The van der Waals surface area contributed by atoms with E-state index in [-0.39, 0.29) is 5.56 Å². The van der Waals surface area contributed by atoms with Crippen molar-refractivity contribution in [1.29, 1.82) is 0 Å². The van der Waals surface area contributed by atoms with Crippen LogP contribution in [0.25, 0.3) is 22.3 Å². The molecule has 0 saturated heterocycles. The maximum absolute atomic E-state index is 12.2. The zero-order valence-electron chi connectivity index (χ0n) is 12.2. The molecule has 0 aliphatic carbocycles. The van der Waals surface area contributed by atoms with Gasteiger partial charge in [-0.25, -0.2) is 4.98 Å². The van der Waals surface area contributed by atoms with Crippen LogP contribution in [0.15, 0.2) is 47.3 Å². The summed E-state index contributed by atoms with van der Waals surface area (Å²) in [7, 11) is 0. The number of nitrogens with one attached hydrogen (secondary N) is 1. The van der Waals surface area contributed by atoms with Crippen molar-refractivity contribution in [2.45, 2.75) is 19.4 Å². The highest BCUT2D eigenvalue weighted by Gasteiger charge is 2.16. The fourth-order valence-electron chi connectivity index (χ4n) is 2.32. The minimum Gasteiger partial charge on any atom is -0.386 e. The molecule has 22 heavy (non-hydrogen) atoms. The second kappa shape index (κ2) is 5.23. The summed E-state index contributed by atoms with van der Waals surface area (Å²) in [6.07, 6.45) is 0. The molecule has 0 saturated carbocycles. The van der Waals surface area contributed by atoms with Gasteiger partial charge in [0.15, 0.2) is 0 Å². The summed E-state index contributed by atoms with van der Waals surface area (Å²) in [5.41, 5.74) is 0.945. The van der Waals surface area contributed by atoms with Crippen molar-refractivity contribution in [2.24, 2.45) is 0 Å². The third kappa shape index (κ3) is 2.63. The molecule has 112 valence electrons. The Morgan fingerprint density at radius 3 is 2.45 bits per heavy atom. The van der Waals surface area contributed by atoms with E-state index in [0.29, 0.717) is 21.7 Å². The highest BCUT2D eigenvalue weighted by Crippen LogP contribution is 2.24. The second-order valence-electron chi connectivity index (χ2n) is 5.68. The Morgan fingerprint density at radius 1 is 1.14 bits per heavy atom. The molecular formula is C17H15ClN2O2. The van der Waals surface area contributed by atoms with Gasteiger partial charge in [0.05, 0.1) is 21.5 Å². The molecule has 0 amide bonds. The topological polar surface area (TPSA) is 66.0 Å². The summed E-state index contributed by atoms with van der Waals surface area (Å²) < 4.78 is 0. The highest BCUT2D eigenvalue weighted by molar-refractivity contribution is 6.35. The largest absolute Gasteiger partial charge is 0.386 e. The first-order valence-electron chi connectivity index (χ1n) is 6.88. The Kier molecular flexibility index (Phi) is 3.51. The van der Waals surface area contributed by atoms with E-state index < -0.39 is 5.60 Å². The van der Waals surface area contributed by atoms with Crippen LogP contribution >= 0.6 is 11.6 Å². The lowest BCUT2D eigenvalue weighted by molar-refractivity contribution is 0.0786. The molecule has 1 aromatic heterocycles. The molecule has 0 spiro atoms. The third-order valence-corrected chi connectivity index (χ3v) is 3.86. The number of fused-ring (bicyclic) bond motifs is 1. The molecule has 0 atom stereocenters. The van der Waals surface area contributed by atoms with Gasteiger partial charge in [0.2, 0.25) is 0 Å². The lowest BCUT2D eigenvalue weighted by Gasteiger charge is -2.17. The van der Waals surface area contributed by atoms with E-state index in [1.807, 2.05) is 24.3 Å². The number of benzene rings is 2. The van der Waals surface area contributed by atoms with Crippen LogP contribution in [-0.2, 0) is 5.60 Å². The van der Waals surface area contributed by atoms with E-state index in [0.717, 1.165) is 11.1 Å². The molecule has 0 bridgehead atoms. The average Bonchev–Trinajstić information content (AvgIpc) is 2.46. The van der Waals surface area contributed by atoms with Gasteiger partial charge < -0.3 is 10.1 Å². The zero-order valence-corrected chi connectivity index (χ0v) is 13.0. The van der Waals surface area contributed by atoms with Crippen molar-refractivity contribution in [3.05, 3.63) is 63.4 Å². The summed E-state index contributed by atoms with van der Waals surface area (Å²) in [5.74, 6) is 0.474. The summed E-state index contributed by atoms with van der Waals surface area (Å²) in [6.45, 7) is 3.44. The van der Waals surface area contributed by atoms with Crippen LogP contribution in [0.1, 0.15) is 19.4 Å². The number of halogens is 1. The van der Waals surface area contributed by atoms with Gasteiger partial charge in [-0.1, -0.05) is 41.9 Å². The first-order chi connectivity index (χ1) is 10.4. The van der Waals surface area contributed by atoms with E-state index in [9.17, 15) is 9.90 Å². The van der Waals surface area contributed by atoms with Crippen LogP contribution in [0.5, 0.6) is 0 Å². The summed E-state index contributed by atoms with van der Waals surface area (Å²) >= 11 is 6.04. The van der Waals surface area contributed by atoms with Gasteiger partial charge in [0.25, 0.3) is 5.56 Å². The summed E-state index contributed by atoms with van der Waals surface area (Å²) in [5, 5.41) is 10.8. The van der Waals surface area contributed by atoms with Crippen LogP contribution in [0, 0.1) is 0 Å². The van der Waals surface area contributed by atoms with Gasteiger partial charge in [0, 0.05) is 5.56 Å². The van der Waals surface area contributed by atoms with Gasteiger partial charge >= 0.3 is 0 Å². The fourth-order valence-corrected chi connectivity index (χ4v) is 2.58. The Labute approximate surface area is 132 Å². The number of aromatic amines is 1. The molecule has 0 aliphatic heterocycles. The number of aliphatic hydroxyl groups is 1. The molecular weight excluding hydrogens is 300 g/mol. The molecule has 5 heteroatoms. The number of hydrogen-bond donors (Lipinski definition) is 2. The Morgan fingerprint density at radius 2 is 1.82 bits per heavy atom. The molecule has 0 unspecified atom stereocenters. The Bertz CT molecular complexity index is 893. The van der Waals surface area contributed by atoms with Gasteiger partial charge in [-0.05, 0) is 31.5 Å². The molecule has 1 heterocycles. The lowest BCUT2D eigenvalue weighted by atomic mass is 9.97. The standard InChI is InChI=1S/C17H15ClN2O2/c1-17(2,22)11-8-6-10(7-9-11)15-19-13-5-3-4-12(18)14(13)16(21)20-15/h3-9,22H,1-2H3,(H,19,20,21). The van der Waals surface area contributed by atoms with E-state index in [1.165, 1.54) is 0 Å². The van der Waals surface area contributed by atoms with E-state index in [1.54, 1.807) is 32.0 Å². The molecule has 0 radical (unpaired) electrons. The van der Waals surface area contributed by atoms with Crippen molar-refractivity contribution in [3.63, 3.8) is 0 Å². The molecule has 2 N–H and O–H groups in total. The van der Waals surface area contributed by atoms with Crippen LogP contribution in [0.2, 0.25) is 5.02 Å². The van der Waals surface area contributed by atoms with E-state index in [4.69, 9.17) is 11.6 Å². The van der Waals surface area contributed by atoms with Crippen LogP contribution in [0.3, 0.4) is 0 Å². The maximum Gasteiger partial charge on any atom is 0.260 e. The number of nitrogens with zero attached hydrogens (tertiary/aromatic N) is 1. The molecule has 3 aromatic rings. The van der Waals surface area contributed by atoms with Crippen LogP contribution in [0.4, 0.5) is 0 Å². The maximum atomic E-state index is 12.2. The minimum atomic E-state index is -0.906. The van der Waals surface area contributed by atoms with Crippen LogP contribution in [-0.4, -0.2) is 15.1 Å². The van der Waals surface area contributed by atoms with Crippen molar-refractivity contribution < 1.29 is 5.11 Å². The SMILES string of the molecule is CC(C)(O)c1ccc(-c2nc3cccc(Cl)c3c(=O)[nH]2)cc1. The monoisotopic (exact) mass is 314 g/mol. The molecule has 0 fully saturated rings. The molecule has 2 aromatic carbocycles.